The highest BCUT2D eigenvalue weighted by Gasteiger charge is 2.54. The molecule has 2 aliphatic heterocycles. The van der Waals surface area contributed by atoms with Gasteiger partial charge in [-0.3, -0.25) is 14.5 Å². The normalized spacial score (nSPS) is 19.4. The minimum absolute atomic E-state index is 0.00717. The Bertz CT molecular complexity index is 1390. The Balaban J connectivity index is 1.48. The lowest BCUT2D eigenvalue weighted by atomic mass is 10.0. The Hall–Kier alpha value is -4.03. The lowest BCUT2D eigenvalue weighted by molar-refractivity contribution is -0.161. The number of thioether (sulfide) groups is 1. The van der Waals surface area contributed by atoms with Crippen LogP contribution in [0.2, 0.25) is 0 Å². The van der Waals surface area contributed by atoms with Gasteiger partial charge in [0.2, 0.25) is 5.60 Å². The lowest BCUT2D eigenvalue weighted by Gasteiger charge is -2.49. The number of amides is 2. The SMILES string of the molecule is CC(C)(O/N=C(\C(=O)NC1C(=O)N2C(C(=O)O)=C(CNCc3cnc(F)[nH]3)CS[C@@H]12)c1csc(N)n1)C(=O)O. The highest BCUT2D eigenvalue weighted by atomic mass is 32.2. The van der Waals surface area contributed by atoms with Crippen molar-refractivity contribution in [2.75, 3.05) is 18.0 Å². The van der Waals surface area contributed by atoms with Crippen molar-refractivity contribution >= 4 is 57.7 Å². The summed E-state index contributed by atoms with van der Waals surface area (Å²) in [6, 6.07) is -1.09. The predicted molar refractivity (Wildman–Crippen MR) is 136 cm³/mol. The molecule has 0 spiro atoms. The molecule has 39 heavy (non-hydrogen) atoms. The number of rotatable bonds is 11. The van der Waals surface area contributed by atoms with Crippen molar-refractivity contribution in [2.24, 2.45) is 5.16 Å². The van der Waals surface area contributed by atoms with E-state index in [1.807, 2.05) is 0 Å². The first-order valence-corrected chi connectivity index (χ1v) is 13.1. The first-order chi connectivity index (χ1) is 18.4. The number of hydrogen-bond acceptors (Lipinski definition) is 12. The number of halogens is 1. The number of carbonyl (C=O) groups is 4. The molecule has 208 valence electrons. The van der Waals surface area contributed by atoms with Crippen molar-refractivity contribution in [1.29, 1.82) is 0 Å². The number of carboxylic acids is 2. The number of carbonyl (C=O) groups excluding carboxylic acids is 2. The summed E-state index contributed by atoms with van der Waals surface area (Å²) >= 11 is 2.26. The summed E-state index contributed by atoms with van der Waals surface area (Å²) in [5.74, 6) is -3.95. The van der Waals surface area contributed by atoms with E-state index in [0.717, 1.165) is 16.2 Å². The monoisotopic (exact) mass is 582 g/mol. The van der Waals surface area contributed by atoms with E-state index in [1.54, 1.807) is 0 Å². The van der Waals surface area contributed by atoms with Gasteiger partial charge in [0.15, 0.2) is 10.8 Å². The van der Waals surface area contributed by atoms with Gasteiger partial charge in [0, 0.05) is 24.2 Å². The average Bonchev–Trinajstić information content (AvgIpc) is 3.49. The quantitative estimate of drug-likeness (QED) is 0.114. The van der Waals surface area contributed by atoms with Crippen LogP contribution >= 0.6 is 23.1 Å². The van der Waals surface area contributed by atoms with Crippen molar-refractivity contribution in [3.05, 3.63) is 40.3 Å². The second kappa shape index (κ2) is 11.0. The van der Waals surface area contributed by atoms with Gasteiger partial charge < -0.3 is 36.4 Å². The molecule has 1 fully saturated rings. The maximum atomic E-state index is 13.1. The van der Waals surface area contributed by atoms with Crippen LogP contribution in [0.15, 0.2) is 28.0 Å². The van der Waals surface area contributed by atoms with Gasteiger partial charge in [-0.15, -0.1) is 23.1 Å². The second-order valence-corrected chi connectivity index (χ2v) is 10.8. The van der Waals surface area contributed by atoms with Crippen LogP contribution in [0, 0.1) is 6.08 Å². The highest BCUT2D eigenvalue weighted by molar-refractivity contribution is 8.00. The molecule has 1 saturated heterocycles. The van der Waals surface area contributed by atoms with Gasteiger partial charge in [0.1, 0.15) is 22.8 Å². The van der Waals surface area contributed by atoms with E-state index in [2.05, 4.69) is 30.7 Å². The van der Waals surface area contributed by atoms with Crippen molar-refractivity contribution in [2.45, 2.75) is 37.4 Å². The molecule has 2 amide bonds. The molecule has 0 bridgehead atoms. The van der Waals surface area contributed by atoms with Crippen molar-refractivity contribution < 1.29 is 38.6 Å². The van der Waals surface area contributed by atoms with E-state index in [0.29, 0.717) is 11.3 Å². The van der Waals surface area contributed by atoms with E-state index < -0.39 is 52.6 Å². The lowest BCUT2D eigenvalue weighted by Crippen LogP contribution is -2.71. The topological polar surface area (TPSA) is 225 Å². The number of nitrogens with zero attached hydrogens (tertiary/aromatic N) is 4. The third-order valence-corrected chi connectivity index (χ3v) is 7.66. The number of thiazole rings is 1. The largest absolute Gasteiger partial charge is 0.478 e. The van der Waals surface area contributed by atoms with E-state index in [1.165, 1.54) is 37.2 Å². The number of aromatic amines is 1. The number of anilines is 1. The molecular weight excluding hydrogens is 559 g/mol. The molecule has 18 heteroatoms. The van der Waals surface area contributed by atoms with Crippen molar-refractivity contribution in [3.63, 3.8) is 0 Å². The van der Waals surface area contributed by atoms with Crippen LogP contribution in [0.3, 0.4) is 0 Å². The maximum Gasteiger partial charge on any atom is 0.352 e. The van der Waals surface area contributed by atoms with Gasteiger partial charge in [0.25, 0.3) is 17.9 Å². The number of fused-ring (bicyclic) bond motifs is 1. The van der Waals surface area contributed by atoms with Gasteiger partial charge >= 0.3 is 11.9 Å². The molecule has 2 atom stereocenters. The highest BCUT2D eigenvalue weighted by Crippen LogP contribution is 2.40. The summed E-state index contributed by atoms with van der Waals surface area (Å²) < 4.78 is 13.0. The molecule has 2 aliphatic rings. The van der Waals surface area contributed by atoms with Crippen LogP contribution in [0.5, 0.6) is 0 Å². The molecular formula is C21H23FN8O7S2. The fourth-order valence-electron chi connectivity index (χ4n) is 3.60. The van der Waals surface area contributed by atoms with Crippen LogP contribution in [0.4, 0.5) is 9.52 Å². The molecule has 2 aromatic heterocycles. The van der Waals surface area contributed by atoms with Gasteiger partial charge in [-0.25, -0.2) is 19.6 Å². The predicted octanol–water partition coefficient (Wildman–Crippen LogP) is -0.300. The van der Waals surface area contributed by atoms with Gasteiger partial charge in [-0.1, -0.05) is 5.16 Å². The van der Waals surface area contributed by atoms with Crippen molar-refractivity contribution in [3.8, 4) is 0 Å². The van der Waals surface area contributed by atoms with Gasteiger partial charge in [0.05, 0.1) is 11.9 Å². The fourth-order valence-corrected chi connectivity index (χ4v) is 5.49. The number of hydrogen-bond donors (Lipinski definition) is 6. The minimum atomic E-state index is -1.77. The number of aromatic nitrogens is 3. The molecule has 2 aromatic rings. The summed E-state index contributed by atoms with van der Waals surface area (Å²) in [6.07, 6.45) is 0.564. The zero-order valence-electron chi connectivity index (χ0n) is 20.4. The number of nitrogens with one attached hydrogen (secondary N) is 3. The third-order valence-electron chi connectivity index (χ3n) is 5.65. The molecule has 0 radical (unpaired) electrons. The van der Waals surface area contributed by atoms with Crippen molar-refractivity contribution in [1.82, 2.24) is 30.5 Å². The molecule has 1 unspecified atom stereocenters. The second-order valence-electron chi connectivity index (χ2n) is 8.84. The number of nitrogen functional groups attached to an aromatic ring is 1. The Kier molecular flexibility index (Phi) is 7.89. The molecule has 0 saturated carbocycles. The molecule has 15 nitrogen and oxygen atoms in total. The summed E-state index contributed by atoms with van der Waals surface area (Å²) in [6.45, 7) is 2.77. The summed E-state index contributed by atoms with van der Waals surface area (Å²) in [5, 5.41) is 29.1. The Morgan fingerprint density at radius 3 is 2.69 bits per heavy atom. The molecule has 4 heterocycles. The zero-order chi connectivity index (χ0) is 28.5. The van der Waals surface area contributed by atoms with Gasteiger partial charge in [-0.05, 0) is 19.4 Å². The number of H-pyrrole nitrogens is 1. The number of aliphatic carboxylic acids is 2. The Morgan fingerprint density at radius 1 is 1.36 bits per heavy atom. The van der Waals surface area contributed by atoms with E-state index in [9.17, 15) is 33.8 Å². The van der Waals surface area contributed by atoms with E-state index >= 15 is 0 Å². The third kappa shape index (κ3) is 5.86. The van der Waals surface area contributed by atoms with Crippen LogP contribution in [-0.4, -0.2) is 88.8 Å². The number of carboxylic acid groups (broad SMARTS) is 2. The van der Waals surface area contributed by atoms with Crippen LogP contribution in [-0.2, 0) is 30.6 Å². The van der Waals surface area contributed by atoms with E-state index in [4.69, 9.17) is 10.6 Å². The summed E-state index contributed by atoms with van der Waals surface area (Å²) in [7, 11) is 0. The molecule has 0 aromatic carbocycles. The summed E-state index contributed by atoms with van der Waals surface area (Å²) in [5.41, 5.74) is 4.18. The summed E-state index contributed by atoms with van der Waals surface area (Å²) in [4.78, 5) is 65.6. The zero-order valence-corrected chi connectivity index (χ0v) is 22.1. The fraction of sp³-hybridized carbons (Fsp3) is 0.381. The maximum absolute atomic E-state index is 13.1. The number of β-lactam (4-membered cyclic amide) rings is 1. The molecule has 4 rings (SSSR count). The van der Waals surface area contributed by atoms with Crippen LogP contribution < -0.4 is 16.4 Å². The molecule has 0 aliphatic carbocycles. The molecule has 7 N–H and O–H groups in total. The first kappa shape index (κ1) is 28.0. The standard InChI is InChI=1S/C21H23FN8O7S2/c1-21(2,18(35)36)37-29-11(10-7-39-20(23)27-10)14(31)28-12-15(32)30-13(17(33)34)8(6-38-16(12)30)3-24-4-9-5-25-19(22)26-9/h5,7,12,16,24H,3-4,6H2,1-2H3,(H2,23,27)(H,25,26)(H,28,31)(H,33,34)(H,35,36)/b29-11-/t12?,16-/m0/s1. The number of oxime groups is 1. The van der Waals surface area contributed by atoms with Crippen LogP contribution in [0.25, 0.3) is 0 Å². The Labute approximate surface area is 227 Å². The first-order valence-electron chi connectivity index (χ1n) is 11.2. The minimum Gasteiger partial charge on any atom is -0.478 e. The number of nitrogens with two attached hydrogens (primary N) is 1. The smallest absolute Gasteiger partial charge is 0.352 e. The van der Waals surface area contributed by atoms with Crippen LogP contribution in [0.1, 0.15) is 25.2 Å². The van der Waals surface area contributed by atoms with Gasteiger partial charge in [-0.2, -0.15) is 4.39 Å². The van der Waals surface area contributed by atoms with E-state index in [-0.39, 0.29) is 35.4 Å². The average molecular weight is 583 g/mol. The Morgan fingerprint density at radius 2 is 2.10 bits per heavy atom. The number of imidazole rings is 1.